The van der Waals surface area contributed by atoms with Gasteiger partial charge in [-0.25, -0.2) is 0 Å². The SMILES string of the molecule is CC1(CN2CCNC3(CCCCC3)C2)CCCC1. The summed E-state index contributed by atoms with van der Waals surface area (Å²) in [6.07, 6.45) is 13.0. The normalized spacial score (nSPS) is 31.8. The molecule has 2 nitrogen and oxygen atoms in total. The molecule has 1 N–H and O–H groups in total. The average Bonchev–Trinajstić information content (AvgIpc) is 2.77. The summed E-state index contributed by atoms with van der Waals surface area (Å²) in [4.78, 5) is 2.78. The Morgan fingerprint density at radius 1 is 0.944 bits per heavy atom. The molecule has 18 heavy (non-hydrogen) atoms. The lowest BCUT2D eigenvalue weighted by molar-refractivity contribution is 0.0678. The van der Waals surface area contributed by atoms with E-state index in [-0.39, 0.29) is 0 Å². The third-order valence-electron chi connectivity index (χ3n) is 5.68. The first-order valence-corrected chi connectivity index (χ1v) is 8.17. The fourth-order valence-corrected chi connectivity index (χ4v) is 4.67. The van der Waals surface area contributed by atoms with Crippen molar-refractivity contribution < 1.29 is 0 Å². The molecular weight excluding hydrogens is 220 g/mol. The average molecular weight is 250 g/mol. The van der Waals surface area contributed by atoms with Crippen molar-refractivity contribution in [1.29, 1.82) is 0 Å². The Labute approximate surface area is 113 Å². The van der Waals surface area contributed by atoms with Crippen LogP contribution in [0.15, 0.2) is 0 Å². The minimum absolute atomic E-state index is 0.492. The van der Waals surface area contributed by atoms with E-state index in [1.165, 1.54) is 84.0 Å². The van der Waals surface area contributed by atoms with E-state index in [0.717, 1.165) is 0 Å². The van der Waals surface area contributed by atoms with Gasteiger partial charge in [0.05, 0.1) is 0 Å². The fourth-order valence-electron chi connectivity index (χ4n) is 4.67. The molecule has 1 spiro atoms. The second kappa shape index (κ2) is 5.13. The maximum absolute atomic E-state index is 3.86. The van der Waals surface area contributed by atoms with Crippen molar-refractivity contribution in [2.24, 2.45) is 5.41 Å². The monoisotopic (exact) mass is 250 g/mol. The molecule has 0 atom stereocenters. The molecule has 3 rings (SSSR count). The Morgan fingerprint density at radius 3 is 2.33 bits per heavy atom. The fraction of sp³-hybridized carbons (Fsp3) is 1.00. The maximum Gasteiger partial charge on any atom is 0.0309 e. The van der Waals surface area contributed by atoms with Gasteiger partial charge in [0.1, 0.15) is 0 Å². The van der Waals surface area contributed by atoms with Gasteiger partial charge in [-0.2, -0.15) is 0 Å². The lowest BCUT2D eigenvalue weighted by Crippen LogP contribution is -2.62. The van der Waals surface area contributed by atoms with Gasteiger partial charge in [-0.15, -0.1) is 0 Å². The molecule has 0 unspecified atom stereocenters. The Kier molecular flexibility index (Phi) is 3.68. The molecular formula is C16H30N2. The maximum atomic E-state index is 3.86. The number of hydrogen-bond acceptors (Lipinski definition) is 2. The van der Waals surface area contributed by atoms with Crippen LogP contribution in [0.3, 0.4) is 0 Å². The summed E-state index contributed by atoms with van der Waals surface area (Å²) in [6, 6.07) is 0. The Balaban J connectivity index is 1.59. The Bertz CT molecular complexity index is 269. The lowest BCUT2D eigenvalue weighted by Gasteiger charge is -2.48. The second-order valence-electron chi connectivity index (χ2n) is 7.50. The van der Waals surface area contributed by atoms with Crippen LogP contribution in [0.4, 0.5) is 0 Å². The van der Waals surface area contributed by atoms with E-state index >= 15 is 0 Å². The van der Waals surface area contributed by atoms with Crippen molar-refractivity contribution in [3.05, 3.63) is 0 Å². The minimum Gasteiger partial charge on any atom is -0.309 e. The largest absolute Gasteiger partial charge is 0.309 e. The van der Waals surface area contributed by atoms with E-state index in [4.69, 9.17) is 0 Å². The highest BCUT2D eigenvalue weighted by Gasteiger charge is 2.38. The highest BCUT2D eigenvalue weighted by Crippen LogP contribution is 2.39. The zero-order valence-corrected chi connectivity index (χ0v) is 12.1. The molecule has 2 heteroatoms. The zero-order chi connectivity index (χ0) is 12.5. The van der Waals surface area contributed by atoms with Crippen LogP contribution in [0.2, 0.25) is 0 Å². The number of hydrogen-bond donors (Lipinski definition) is 1. The van der Waals surface area contributed by atoms with Crippen LogP contribution in [0.1, 0.15) is 64.7 Å². The first kappa shape index (κ1) is 12.9. The first-order chi connectivity index (χ1) is 8.70. The second-order valence-corrected chi connectivity index (χ2v) is 7.50. The third-order valence-corrected chi connectivity index (χ3v) is 5.68. The van der Waals surface area contributed by atoms with Crippen molar-refractivity contribution in [2.75, 3.05) is 26.2 Å². The molecule has 2 saturated carbocycles. The third kappa shape index (κ3) is 2.75. The van der Waals surface area contributed by atoms with Gasteiger partial charge >= 0.3 is 0 Å². The molecule has 0 aromatic heterocycles. The highest BCUT2D eigenvalue weighted by molar-refractivity contribution is 4.98. The van der Waals surface area contributed by atoms with Crippen LogP contribution >= 0.6 is 0 Å². The van der Waals surface area contributed by atoms with Gasteiger partial charge in [0.15, 0.2) is 0 Å². The summed E-state index contributed by atoms with van der Waals surface area (Å²) in [7, 11) is 0. The van der Waals surface area contributed by atoms with E-state index < -0.39 is 0 Å². The summed E-state index contributed by atoms with van der Waals surface area (Å²) in [6.45, 7) is 7.70. The van der Waals surface area contributed by atoms with Gasteiger partial charge in [-0.3, -0.25) is 4.90 Å². The Hall–Kier alpha value is -0.0800. The topological polar surface area (TPSA) is 15.3 Å². The number of nitrogens with zero attached hydrogens (tertiary/aromatic N) is 1. The minimum atomic E-state index is 0.492. The summed E-state index contributed by atoms with van der Waals surface area (Å²) < 4.78 is 0. The molecule has 1 aliphatic heterocycles. The van der Waals surface area contributed by atoms with Crippen molar-refractivity contribution in [2.45, 2.75) is 70.3 Å². The van der Waals surface area contributed by atoms with Gasteiger partial charge in [-0.1, -0.05) is 39.0 Å². The molecule has 0 bridgehead atoms. The van der Waals surface area contributed by atoms with Crippen LogP contribution < -0.4 is 5.32 Å². The molecule has 0 aromatic rings. The van der Waals surface area contributed by atoms with Gasteiger partial charge in [-0.05, 0) is 31.1 Å². The standard InChI is InChI=1S/C16H30N2/c1-15(7-5-6-8-15)13-18-12-11-17-16(14-18)9-3-2-4-10-16/h17H,2-14H2,1H3. The van der Waals surface area contributed by atoms with Gasteiger partial charge in [0.25, 0.3) is 0 Å². The van der Waals surface area contributed by atoms with Gasteiger partial charge in [0, 0.05) is 31.7 Å². The molecule has 3 aliphatic rings. The number of piperazine rings is 1. The van der Waals surface area contributed by atoms with Crippen LogP contribution in [-0.4, -0.2) is 36.6 Å². The van der Waals surface area contributed by atoms with Crippen LogP contribution in [0.25, 0.3) is 0 Å². The van der Waals surface area contributed by atoms with Crippen molar-refractivity contribution in [3.63, 3.8) is 0 Å². The van der Waals surface area contributed by atoms with Crippen LogP contribution in [0.5, 0.6) is 0 Å². The predicted molar refractivity (Wildman–Crippen MR) is 76.8 cm³/mol. The van der Waals surface area contributed by atoms with Crippen LogP contribution in [0, 0.1) is 5.41 Å². The molecule has 104 valence electrons. The molecule has 2 aliphatic carbocycles. The Morgan fingerprint density at radius 2 is 1.61 bits per heavy atom. The molecule has 1 saturated heterocycles. The van der Waals surface area contributed by atoms with E-state index in [9.17, 15) is 0 Å². The highest BCUT2D eigenvalue weighted by atomic mass is 15.2. The summed E-state index contributed by atoms with van der Waals surface area (Å²) in [5.41, 5.74) is 1.12. The molecule has 0 amide bonds. The van der Waals surface area contributed by atoms with Crippen molar-refractivity contribution in [1.82, 2.24) is 10.2 Å². The van der Waals surface area contributed by atoms with E-state index in [1.54, 1.807) is 0 Å². The van der Waals surface area contributed by atoms with Gasteiger partial charge in [0.2, 0.25) is 0 Å². The van der Waals surface area contributed by atoms with Crippen LogP contribution in [-0.2, 0) is 0 Å². The van der Waals surface area contributed by atoms with E-state index in [1.807, 2.05) is 0 Å². The van der Waals surface area contributed by atoms with E-state index in [0.29, 0.717) is 11.0 Å². The summed E-state index contributed by atoms with van der Waals surface area (Å²) in [5, 5.41) is 3.86. The zero-order valence-electron chi connectivity index (χ0n) is 12.1. The molecule has 1 heterocycles. The molecule has 0 aromatic carbocycles. The summed E-state index contributed by atoms with van der Waals surface area (Å²) in [5.74, 6) is 0. The first-order valence-electron chi connectivity index (χ1n) is 8.17. The molecule has 0 radical (unpaired) electrons. The number of rotatable bonds is 2. The lowest BCUT2D eigenvalue weighted by atomic mass is 9.79. The van der Waals surface area contributed by atoms with Crippen molar-refractivity contribution in [3.8, 4) is 0 Å². The summed E-state index contributed by atoms with van der Waals surface area (Å²) >= 11 is 0. The smallest absolute Gasteiger partial charge is 0.0309 e. The predicted octanol–water partition coefficient (Wildman–Crippen LogP) is 3.17. The number of nitrogens with one attached hydrogen (secondary N) is 1. The van der Waals surface area contributed by atoms with Crippen molar-refractivity contribution >= 4 is 0 Å². The quantitative estimate of drug-likeness (QED) is 0.810. The van der Waals surface area contributed by atoms with Gasteiger partial charge < -0.3 is 5.32 Å². The molecule has 3 fully saturated rings. The van der Waals surface area contributed by atoms with E-state index in [2.05, 4.69) is 17.1 Å².